The lowest BCUT2D eigenvalue weighted by Crippen LogP contribution is -2.03. The second kappa shape index (κ2) is 6.85. The van der Waals surface area contributed by atoms with Gasteiger partial charge in [-0.25, -0.2) is 0 Å². The Morgan fingerprint density at radius 1 is 1.05 bits per heavy atom. The van der Waals surface area contributed by atoms with Crippen LogP contribution in [0.1, 0.15) is 18.1 Å². The van der Waals surface area contributed by atoms with Gasteiger partial charge in [-0.15, -0.1) is 0 Å². The molecule has 0 radical (unpaired) electrons. The van der Waals surface area contributed by atoms with Gasteiger partial charge in [-0.2, -0.15) is 0 Å². The predicted octanol–water partition coefficient (Wildman–Crippen LogP) is 4.01. The third-order valence-electron chi connectivity index (χ3n) is 3.15. The van der Waals surface area contributed by atoms with Gasteiger partial charge >= 0.3 is 0 Å². The second-order valence-electron chi connectivity index (χ2n) is 4.58. The molecule has 20 heavy (non-hydrogen) atoms. The number of ether oxygens (including phenoxy) is 2. The zero-order valence-corrected chi connectivity index (χ0v) is 12.3. The summed E-state index contributed by atoms with van der Waals surface area (Å²) in [4.78, 5) is 0. The molecule has 106 valence electrons. The highest BCUT2D eigenvalue weighted by atomic mass is 16.5. The molecule has 0 spiro atoms. The van der Waals surface area contributed by atoms with Crippen LogP contribution in [-0.2, 0) is 6.54 Å². The fraction of sp³-hybridized carbons (Fsp3) is 0.294. The van der Waals surface area contributed by atoms with Crippen molar-refractivity contribution in [2.45, 2.75) is 20.4 Å². The number of hydrogen-bond acceptors (Lipinski definition) is 3. The van der Waals surface area contributed by atoms with Crippen LogP contribution in [0.3, 0.4) is 0 Å². The van der Waals surface area contributed by atoms with Crippen LogP contribution in [0, 0.1) is 6.92 Å². The van der Waals surface area contributed by atoms with Crippen molar-refractivity contribution in [3.63, 3.8) is 0 Å². The molecule has 3 nitrogen and oxygen atoms in total. The number of rotatable bonds is 6. The van der Waals surface area contributed by atoms with Crippen LogP contribution in [0.2, 0.25) is 0 Å². The minimum atomic E-state index is 0.679. The molecule has 0 saturated heterocycles. The number of hydrogen-bond donors (Lipinski definition) is 1. The highest BCUT2D eigenvalue weighted by Crippen LogP contribution is 2.23. The van der Waals surface area contributed by atoms with Gasteiger partial charge in [-0.05, 0) is 43.7 Å². The van der Waals surface area contributed by atoms with Gasteiger partial charge in [0.05, 0.1) is 13.7 Å². The van der Waals surface area contributed by atoms with E-state index in [1.165, 1.54) is 0 Å². The smallest absolute Gasteiger partial charge is 0.124 e. The zero-order chi connectivity index (χ0) is 14.4. The molecule has 2 aromatic carbocycles. The SMILES string of the molecule is CCOc1ccccc1CNc1ccc(OC)c(C)c1. The van der Waals surface area contributed by atoms with E-state index in [9.17, 15) is 0 Å². The Kier molecular flexibility index (Phi) is 4.88. The van der Waals surface area contributed by atoms with Gasteiger partial charge in [-0.3, -0.25) is 0 Å². The van der Waals surface area contributed by atoms with E-state index in [0.29, 0.717) is 6.61 Å². The average molecular weight is 271 g/mol. The number of aryl methyl sites for hydroxylation is 1. The van der Waals surface area contributed by atoms with E-state index < -0.39 is 0 Å². The van der Waals surface area contributed by atoms with E-state index in [0.717, 1.165) is 34.9 Å². The van der Waals surface area contributed by atoms with Crippen molar-refractivity contribution in [2.75, 3.05) is 19.0 Å². The third kappa shape index (κ3) is 3.44. The van der Waals surface area contributed by atoms with E-state index in [4.69, 9.17) is 9.47 Å². The monoisotopic (exact) mass is 271 g/mol. The topological polar surface area (TPSA) is 30.5 Å². The summed E-state index contributed by atoms with van der Waals surface area (Å²) in [6, 6.07) is 14.2. The fourth-order valence-electron chi connectivity index (χ4n) is 2.13. The summed E-state index contributed by atoms with van der Waals surface area (Å²) in [6.07, 6.45) is 0. The quantitative estimate of drug-likeness (QED) is 0.861. The summed E-state index contributed by atoms with van der Waals surface area (Å²) in [5.74, 6) is 1.85. The van der Waals surface area contributed by atoms with Crippen LogP contribution >= 0.6 is 0 Å². The van der Waals surface area contributed by atoms with Gasteiger partial charge in [0.1, 0.15) is 11.5 Å². The molecule has 2 rings (SSSR count). The highest BCUT2D eigenvalue weighted by molar-refractivity contribution is 5.51. The molecule has 0 aromatic heterocycles. The van der Waals surface area contributed by atoms with E-state index in [-0.39, 0.29) is 0 Å². The van der Waals surface area contributed by atoms with Crippen LogP contribution in [-0.4, -0.2) is 13.7 Å². The van der Waals surface area contributed by atoms with Gasteiger partial charge in [-0.1, -0.05) is 18.2 Å². The van der Waals surface area contributed by atoms with E-state index in [1.54, 1.807) is 7.11 Å². The van der Waals surface area contributed by atoms with Crippen molar-refractivity contribution in [3.8, 4) is 11.5 Å². The summed E-state index contributed by atoms with van der Waals surface area (Å²) in [5, 5.41) is 3.42. The van der Waals surface area contributed by atoms with Crippen molar-refractivity contribution in [1.82, 2.24) is 0 Å². The van der Waals surface area contributed by atoms with Crippen LogP contribution in [0.4, 0.5) is 5.69 Å². The molecule has 1 N–H and O–H groups in total. The molecular formula is C17H21NO2. The largest absolute Gasteiger partial charge is 0.496 e. The van der Waals surface area contributed by atoms with E-state index in [2.05, 4.69) is 17.4 Å². The maximum atomic E-state index is 5.63. The first-order valence-corrected chi connectivity index (χ1v) is 6.83. The lowest BCUT2D eigenvalue weighted by atomic mass is 10.1. The Hall–Kier alpha value is -2.16. The highest BCUT2D eigenvalue weighted by Gasteiger charge is 2.03. The Balaban J connectivity index is 2.07. The molecule has 2 aromatic rings. The molecule has 3 heteroatoms. The second-order valence-corrected chi connectivity index (χ2v) is 4.58. The van der Waals surface area contributed by atoms with Crippen LogP contribution in [0.15, 0.2) is 42.5 Å². The van der Waals surface area contributed by atoms with Crippen molar-refractivity contribution >= 4 is 5.69 Å². The van der Waals surface area contributed by atoms with Gasteiger partial charge in [0, 0.05) is 17.8 Å². The Labute approximate surface area is 120 Å². The van der Waals surface area contributed by atoms with Crippen LogP contribution in [0.25, 0.3) is 0 Å². The summed E-state index contributed by atoms with van der Waals surface area (Å²) in [5.41, 5.74) is 3.35. The number of methoxy groups -OCH3 is 1. The molecular weight excluding hydrogens is 250 g/mol. The molecule has 0 aliphatic rings. The van der Waals surface area contributed by atoms with E-state index >= 15 is 0 Å². The maximum absolute atomic E-state index is 5.63. The molecule has 0 fully saturated rings. The van der Waals surface area contributed by atoms with Gasteiger partial charge in [0.25, 0.3) is 0 Å². The average Bonchev–Trinajstić information content (AvgIpc) is 2.47. The fourth-order valence-corrected chi connectivity index (χ4v) is 2.13. The normalized spacial score (nSPS) is 10.2. The summed E-state index contributed by atoms with van der Waals surface area (Å²) >= 11 is 0. The molecule has 0 bridgehead atoms. The maximum Gasteiger partial charge on any atom is 0.124 e. The molecule has 0 atom stereocenters. The molecule has 0 aliphatic heterocycles. The molecule has 0 aliphatic carbocycles. The number of benzene rings is 2. The van der Waals surface area contributed by atoms with Crippen molar-refractivity contribution in [3.05, 3.63) is 53.6 Å². The van der Waals surface area contributed by atoms with E-state index in [1.807, 2.05) is 44.2 Å². The molecule has 0 saturated carbocycles. The number of para-hydroxylation sites is 1. The lowest BCUT2D eigenvalue weighted by Gasteiger charge is -2.13. The Morgan fingerprint density at radius 3 is 2.55 bits per heavy atom. The first-order valence-electron chi connectivity index (χ1n) is 6.83. The number of anilines is 1. The minimum Gasteiger partial charge on any atom is -0.496 e. The summed E-state index contributed by atoms with van der Waals surface area (Å²) in [7, 11) is 1.69. The summed E-state index contributed by atoms with van der Waals surface area (Å²) < 4.78 is 10.9. The van der Waals surface area contributed by atoms with Gasteiger partial charge < -0.3 is 14.8 Å². The molecule has 0 heterocycles. The third-order valence-corrected chi connectivity index (χ3v) is 3.15. The first-order chi connectivity index (χ1) is 9.74. The van der Waals surface area contributed by atoms with Crippen molar-refractivity contribution in [1.29, 1.82) is 0 Å². The van der Waals surface area contributed by atoms with Crippen molar-refractivity contribution < 1.29 is 9.47 Å². The lowest BCUT2D eigenvalue weighted by molar-refractivity contribution is 0.337. The minimum absolute atomic E-state index is 0.679. The van der Waals surface area contributed by atoms with Gasteiger partial charge in [0.15, 0.2) is 0 Å². The van der Waals surface area contributed by atoms with Crippen LogP contribution < -0.4 is 14.8 Å². The molecule has 0 unspecified atom stereocenters. The zero-order valence-electron chi connectivity index (χ0n) is 12.3. The standard InChI is InChI=1S/C17H21NO2/c1-4-20-17-8-6-5-7-14(17)12-18-15-9-10-16(19-3)13(2)11-15/h5-11,18H,4,12H2,1-3H3. The first kappa shape index (κ1) is 14.3. The van der Waals surface area contributed by atoms with Gasteiger partial charge in [0.2, 0.25) is 0 Å². The number of nitrogens with one attached hydrogen (secondary N) is 1. The summed E-state index contributed by atoms with van der Waals surface area (Å²) in [6.45, 7) is 5.45. The Morgan fingerprint density at radius 2 is 1.85 bits per heavy atom. The van der Waals surface area contributed by atoms with Crippen LogP contribution in [0.5, 0.6) is 11.5 Å². The molecule has 0 amide bonds. The van der Waals surface area contributed by atoms with Crippen molar-refractivity contribution in [2.24, 2.45) is 0 Å². The predicted molar refractivity (Wildman–Crippen MR) is 82.7 cm³/mol. The Bertz CT molecular complexity index is 567.